The summed E-state index contributed by atoms with van der Waals surface area (Å²) in [7, 11) is 0. The van der Waals surface area contributed by atoms with E-state index < -0.39 is 0 Å². The van der Waals surface area contributed by atoms with Crippen LogP contribution in [-0.4, -0.2) is 19.8 Å². The molecule has 1 fully saturated rings. The maximum Gasteiger partial charge on any atom is 0.161 e. The van der Waals surface area contributed by atoms with Gasteiger partial charge in [0.25, 0.3) is 0 Å². The molecule has 2 aliphatic heterocycles. The van der Waals surface area contributed by atoms with E-state index in [9.17, 15) is 0 Å². The van der Waals surface area contributed by atoms with Crippen LogP contribution in [0.5, 0.6) is 11.5 Å². The molecule has 19 heavy (non-hydrogen) atoms. The Bertz CT molecular complexity index is 450. The summed E-state index contributed by atoms with van der Waals surface area (Å²) < 4.78 is 11.3. The van der Waals surface area contributed by atoms with Crippen molar-refractivity contribution < 1.29 is 9.47 Å². The Hall–Kier alpha value is -1.22. The molecular weight excluding hydrogens is 238 g/mol. The summed E-state index contributed by atoms with van der Waals surface area (Å²) in [5.74, 6) is 2.46. The normalized spacial score (nSPS) is 25.8. The van der Waals surface area contributed by atoms with Crippen LogP contribution < -0.4 is 14.8 Å². The fourth-order valence-corrected chi connectivity index (χ4v) is 3.38. The van der Waals surface area contributed by atoms with E-state index in [4.69, 9.17) is 9.47 Å². The van der Waals surface area contributed by atoms with Crippen LogP contribution >= 0.6 is 0 Å². The molecule has 0 aromatic heterocycles. The zero-order valence-electron chi connectivity index (χ0n) is 11.9. The lowest BCUT2D eigenvalue weighted by atomic mass is 9.81. The van der Waals surface area contributed by atoms with Crippen LogP contribution in [0.1, 0.15) is 38.7 Å². The van der Waals surface area contributed by atoms with E-state index in [1.165, 1.54) is 24.8 Å². The van der Waals surface area contributed by atoms with E-state index in [1.807, 2.05) is 0 Å². The smallest absolute Gasteiger partial charge is 0.161 e. The molecule has 0 aliphatic carbocycles. The second-order valence-electron chi connectivity index (χ2n) is 6.07. The lowest BCUT2D eigenvalue weighted by Crippen LogP contribution is -2.38. The third-order valence-electron chi connectivity index (χ3n) is 4.10. The van der Waals surface area contributed by atoms with Crippen LogP contribution in [-0.2, 0) is 5.54 Å². The van der Waals surface area contributed by atoms with Gasteiger partial charge in [-0.05, 0) is 49.4 Å². The number of benzene rings is 1. The van der Waals surface area contributed by atoms with Crippen molar-refractivity contribution in [2.45, 2.75) is 38.6 Å². The number of fused-ring (bicyclic) bond motifs is 1. The average Bonchev–Trinajstić information content (AvgIpc) is 2.87. The van der Waals surface area contributed by atoms with E-state index in [-0.39, 0.29) is 5.54 Å². The van der Waals surface area contributed by atoms with Crippen LogP contribution in [0.15, 0.2) is 18.2 Å². The Morgan fingerprint density at radius 1 is 1.21 bits per heavy atom. The van der Waals surface area contributed by atoms with Crippen LogP contribution in [0, 0.1) is 5.92 Å². The molecule has 1 saturated heterocycles. The third kappa shape index (κ3) is 2.44. The molecule has 3 heteroatoms. The van der Waals surface area contributed by atoms with E-state index in [0.29, 0.717) is 19.1 Å². The van der Waals surface area contributed by atoms with Gasteiger partial charge in [0.1, 0.15) is 13.2 Å². The molecule has 1 N–H and O–H groups in total. The van der Waals surface area contributed by atoms with E-state index in [1.54, 1.807) is 0 Å². The first-order valence-electron chi connectivity index (χ1n) is 7.35. The number of ether oxygens (including phenoxy) is 2. The van der Waals surface area contributed by atoms with Crippen molar-refractivity contribution in [2.24, 2.45) is 5.92 Å². The van der Waals surface area contributed by atoms with Crippen molar-refractivity contribution >= 4 is 0 Å². The van der Waals surface area contributed by atoms with Crippen LogP contribution in [0.25, 0.3) is 0 Å². The van der Waals surface area contributed by atoms with Crippen LogP contribution in [0.2, 0.25) is 0 Å². The van der Waals surface area contributed by atoms with Crippen molar-refractivity contribution in [1.29, 1.82) is 0 Å². The predicted octanol–water partition coefficient (Wildman–Crippen LogP) is 3.08. The molecule has 1 atom stereocenters. The third-order valence-corrected chi connectivity index (χ3v) is 4.10. The summed E-state index contributed by atoms with van der Waals surface area (Å²) in [6, 6.07) is 6.44. The van der Waals surface area contributed by atoms with Gasteiger partial charge in [-0.15, -0.1) is 0 Å². The molecule has 1 aromatic carbocycles. The Morgan fingerprint density at radius 3 is 2.68 bits per heavy atom. The number of hydrogen-bond acceptors (Lipinski definition) is 3. The van der Waals surface area contributed by atoms with Crippen molar-refractivity contribution in [3.05, 3.63) is 23.8 Å². The number of rotatable bonds is 3. The SMILES string of the molecule is CC(C)CC1(c2ccc3c(c2)OCCO3)CCCN1. The van der Waals surface area contributed by atoms with Crippen molar-refractivity contribution in [3.8, 4) is 11.5 Å². The van der Waals surface area contributed by atoms with Crippen molar-refractivity contribution in [3.63, 3.8) is 0 Å². The topological polar surface area (TPSA) is 30.5 Å². The first-order valence-corrected chi connectivity index (χ1v) is 7.35. The molecule has 0 saturated carbocycles. The molecule has 0 bridgehead atoms. The summed E-state index contributed by atoms with van der Waals surface area (Å²) >= 11 is 0. The molecule has 3 nitrogen and oxygen atoms in total. The van der Waals surface area contributed by atoms with Gasteiger partial charge >= 0.3 is 0 Å². The minimum Gasteiger partial charge on any atom is -0.486 e. The Labute approximate surface area is 115 Å². The molecule has 104 valence electrons. The Morgan fingerprint density at radius 2 is 2.00 bits per heavy atom. The van der Waals surface area contributed by atoms with E-state index in [2.05, 4.69) is 37.4 Å². The molecule has 1 unspecified atom stereocenters. The summed E-state index contributed by atoms with van der Waals surface area (Å²) in [6.45, 7) is 7.00. The Kier molecular flexibility index (Phi) is 3.40. The first kappa shape index (κ1) is 12.8. The highest BCUT2D eigenvalue weighted by atomic mass is 16.6. The van der Waals surface area contributed by atoms with E-state index in [0.717, 1.165) is 18.0 Å². The summed E-state index contributed by atoms with van der Waals surface area (Å²) in [5.41, 5.74) is 1.48. The standard InChI is InChI=1S/C16H23NO2/c1-12(2)11-16(6-3-7-17-16)13-4-5-14-15(10-13)19-9-8-18-14/h4-5,10,12,17H,3,6-9,11H2,1-2H3. The summed E-state index contributed by atoms with van der Waals surface area (Å²) in [4.78, 5) is 0. The number of nitrogens with one attached hydrogen (secondary N) is 1. The molecule has 2 heterocycles. The molecule has 0 radical (unpaired) electrons. The summed E-state index contributed by atoms with van der Waals surface area (Å²) in [6.07, 6.45) is 3.64. The molecule has 0 spiro atoms. The molecule has 2 aliphatic rings. The molecule has 1 aromatic rings. The van der Waals surface area contributed by atoms with Gasteiger partial charge < -0.3 is 14.8 Å². The second kappa shape index (κ2) is 5.04. The van der Waals surface area contributed by atoms with Gasteiger partial charge in [-0.3, -0.25) is 0 Å². The summed E-state index contributed by atoms with van der Waals surface area (Å²) in [5, 5.41) is 3.73. The maximum absolute atomic E-state index is 5.72. The highest BCUT2D eigenvalue weighted by Crippen LogP contribution is 2.41. The predicted molar refractivity (Wildman–Crippen MR) is 75.8 cm³/mol. The quantitative estimate of drug-likeness (QED) is 0.907. The lowest BCUT2D eigenvalue weighted by molar-refractivity contribution is 0.170. The van der Waals surface area contributed by atoms with Gasteiger partial charge in [0, 0.05) is 5.54 Å². The monoisotopic (exact) mass is 261 g/mol. The van der Waals surface area contributed by atoms with E-state index >= 15 is 0 Å². The maximum atomic E-state index is 5.72. The van der Waals surface area contributed by atoms with Crippen LogP contribution in [0.4, 0.5) is 0 Å². The van der Waals surface area contributed by atoms with Gasteiger partial charge in [0.15, 0.2) is 11.5 Å². The number of hydrogen-bond donors (Lipinski definition) is 1. The highest BCUT2D eigenvalue weighted by molar-refractivity contribution is 5.46. The highest BCUT2D eigenvalue weighted by Gasteiger charge is 2.36. The van der Waals surface area contributed by atoms with Gasteiger partial charge in [-0.2, -0.15) is 0 Å². The molecule has 3 rings (SSSR count). The minimum absolute atomic E-state index is 0.129. The zero-order valence-corrected chi connectivity index (χ0v) is 11.9. The van der Waals surface area contributed by atoms with Crippen LogP contribution in [0.3, 0.4) is 0 Å². The first-order chi connectivity index (χ1) is 9.20. The van der Waals surface area contributed by atoms with Gasteiger partial charge in [-0.1, -0.05) is 19.9 Å². The largest absolute Gasteiger partial charge is 0.486 e. The van der Waals surface area contributed by atoms with Gasteiger partial charge in [0.05, 0.1) is 0 Å². The van der Waals surface area contributed by atoms with Crippen molar-refractivity contribution in [1.82, 2.24) is 5.32 Å². The Balaban J connectivity index is 1.94. The van der Waals surface area contributed by atoms with Gasteiger partial charge in [-0.25, -0.2) is 0 Å². The fourth-order valence-electron chi connectivity index (χ4n) is 3.38. The minimum atomic E-state index is 0.129. The zero-order chi connectivity index (χ0) is 13.3. The lowest BCUT2D eigenvalue weighted by Gasteiger charge is -2.33. The average molecular weight is 261 g/mol. The second-order valence-corrected chi connectivity index (χ2v) is 6.07. The molecular formula is C16H23NO2. The van der Waals surface area contributed by atoms with Gasteiger partial charge in [0.2, 0.25) is 0 Å². The molecule has 0 amide bonds. The fraction of sp³-hybridized carbons (Fsp3) is 0.625. The van der Waals surface area contributed by atoms with Crippen molar-refractivity contribution in [2.75, 3.05) is 19.8 Å².